The first-order valence-electron chi connectivity index (χ1n) is 6.62. The molecule has 0 aromatic carbocycles. The number of hydrogen-bond acceptors (Lipinski definition) is 2. The molecule has 0 saturated carbocycles. The van der Waals surface area contributed by atoms with E-state index in [2.05, 4.69) is 38.0 Å². The zero-order chi connectivity index (χ0) is 11.3. The molecule has 0 aromatic heterocycles. The van der Waals surface area contributed by atoms with Gasteiger partial charge in [0, 0.05) is 18.6 Å². The Bertz CT molecular complexity index is 166. The number of piperidine rings is 1. The van der Waals surface area contributed by atoms with Crippen molar-refractivity contribution in [2.45, 2.75) is 58.5 Å². The zero-order valence-electron chi connectivity index (χ0n) is 10.9. The van der Waals surface area contributed by atoms with Crippen LogP contribution in [-0.4, -0.2) is 37.1 Å². The molecule has 0 aromatic rings. The molecule has 1 fully saturated rings. The van der Waals surface area contributed by atoms with Crippen LogP contribution in [0.3, 0.4) is 0 Å². The Labute approximate surface area is 95.4 Å². The van der Waals surface area contributed by atoms with E-state index in [0.29, 0.717) is 6.04 Å². The molecule has 1 rings (SSSR count). The molecular weight excluding hydrogens is 184 g/mol. The minimum atomic E-state index is 0.712. The molecule has 0 spiro atoms. The van der Waals surface area contributed by atoms with Crippen LogP contribution >= 0.6 is 0 Å². The third kappa shape index (κ3) is 3.76. The zero-order valence-corrected chi connectivity index (χ0v) is 10.9. The first kappa shape index (κ1) is 13.0. The van der Waals surface area contributed by atoms with Crippen LogP contribution in [0.15, 0.2) is 0 Å². The van der Waals surface area contributed by atoms with Crippen LogP contribution < -0.4 is 5.32 Å². The predicted octanol–water partition coefficient (Wildman–Crippen LogP) is 2.49. The molecule has 90 valence electrons. The minimum Gasteiger partial charge on any atom is -0.312 e. The molecule has 15 heavy (non-hydrogen) atoms. The van der Waals surface area contributed by atoms with Crippen molar-refractivity contribution in [2.24, 2.45) is 5.92 Å². The van der Waals surface area contributed by atoms with Gasteiger partial charge in [-0.05, 0) is 45.2 Å². The lowest BCUT2D eigenvalue weighted by Gasteiger charge is -2.36. The third-order valence-corrected chi connectivity index (χ3v) is 3.98. The summed E-state index contributed by atoms with van der Waals surface area (Å²) in [5.74, 6) is 0.843. The van der Waals surface area contributed by atoms with Crippen molar-refractivity contribution in [3.8, 4) is 0 Å². The van der Waals surface area contributed by atoms with Gasteiger partial charge < -0.3 is 10.2 Å². The summed E-state index contributed by atoms with van der Waals surface area (Å²) in [5, 5.41) is 3.66. The van der Waals surface area contributed by atoms with Crippen molar-refractivity contribution in [1.82, 2.24) is 10.2 Å². The molecule has 2 heteroatoms. The van der Waals surface area contributed by atoms with Gasteiger partial charge in [-0.15, -0.1) is 0 Å². The summed E-state index contributed by atoms with van der Waals surface area (Å²) in [7, 11) is 2.28. The van der Waals surface area contributed by atoms with Gasteiger partial charge in [0.25, 0.3) is 0 Å². The van der Waals surface area contributed by atoms with Crippen LogP contribution in [0.25, 0.3) is 0 Å². The second kappa shape index (κ2) is 6.49. The van der Waals surface area contributed by atoms with Gasteiger partial charge in [0.05, 0.1) is 0 Å². The average Bonchev–Trinajstić information content (AvgIpc) is 2.23. The van der Waals surface area contributed by atoms with E-state index >= 15 is 0 Å². The Balaban J connectivity index is 2.38. The molecule has 2 unspecified atom stereocenters. The number of rotatable bonds is 5. The monoisotopic (exact) mass is 212 g/mol. The number of nitrogens with zero attached hydrogens (tertiary/aromatic N) is 1. The van der Waals surface area contributed by atoms with Crippen LogP contribution in [-0.2, 0) is 0 Å². The van der Waals surface area contributed by atoms with E-state index in [-0.39, 0.29) is 0 Å². The molecule has 0 bridgehead atoms. The van der Waals surface area contributed by atoms with E-state index in [1.54, 1.807) is 0 Å². The van der Waals surface area contributed by atoms with Crippen molar-refractivity contribution in [3.05, 3.63) is 0 Å². The number of nitrogens with one attached hydrogen (secondary N) is 1. The quantitative estimate of drug-likeness (QED) is 0.753. The van der Waals surface area contributed by atoms with Gasteiger partial charge in [-0.1, -0.05) is 20.8 Å². The van der Waals surface area contributed by atoms with Crippen LogP contribution in [0, 0.1) is 5.92 Å². The summed E-state index contributed by atoms with van der Waals surface area (Å²) >= 11 is 0. The lowest BCUT2D eigenvalue weighted by atomic mass is 9.92. The van der Waals surface area contributed by atoms with Crippen molar-refractivity contribution >= 4 is 0 Å². The van der Waals surface area contributed by atoms with Gasteiger partial charge in [0.15, 0.2) is 0 Å². The van der Waals surface area contributed by atoms with Crippen LogP contribution in [0.5, 0.6) is 0 Å². The van der Waals surface area contributed by atoms with Gasteiger partial charge in [-0.25, -0.2) is 0 Å². The van der Waals surface area contributed by atoms with Crippen LogP contribution in [0.4, 0.5) is 0 Å². The summed E-state index contributed by atoms with van der Waals surface area (Å²) in [6.07, 6.45) is 5.29. The number of likely N-dealkylation sites (N-methyl/N-ethyl adjacent to an activating group) is 1. The average molecular weight is 212 g/mol. The van der Waals surface area contributed by atoms with Crippen LogP contribution in [0.1, 0.15) is 46.5 Å². The highest BCUT2D eigenvalue weighted by molar-refractivity contribution is 4.82. The maximum atomic E-state index is 3.66. The first-order valence-corrected chi connectivity index (χ1v) is 6.62. The molecule has 1 heterocycles. The highest BCUT2D eigenvalue weighted by Gasteiger charge is 2.23. The molecule has 1 aliphatic rings. The van der Waals surface area contributed by atoms with Gasteiger partial charge in [0.2, 0.25) is 0 Å². The fourth-order valence-electron chi connectivity index (χ4n) is 2.73. The second-order valence-electron chi connectivity index (χ2n) is 5.09. The Hall–Kier alpha value is -0.0800. The van der Waals surface area contributed by atoms with E-state index in [0.717, 1.165) is 12.0 Å². The second-order valence-corrected chi connectivity index (χ2v) is 5.09. The topological polar surface area (TPSA) is 15.3 Å². The third-order valence-electron chi connectivity index (χ3n) is 3.98. The summed E-state index contributed by atoms with van der Waals surface area (Å²) in [6, 6.07) is 1.48. The standard InChI is InChI=1S/C13H28N2/c1-5-12(6-2)15(4)10-13-11(3)8-7-9-14-13/h11-14H,5-10H2,1-4H3. The summed E-state index contributed by atoms with van der Waals surface area (Å²) < 4.78 is 0. The Morgan fingerprint density at radius 2 is 2.00 bits per heavy atom. The van der Waals surface area contributed by atoms with Gasteiger partial charge >= 0.3 is 0 Å². The normalized spacial score (nSPS) is 27.6. The highest BCUT2D eigenvalue weighted by atomic mass is 15.2. The Morgan fingerprint density at radius 1 is 1.33 bits per heavy atom. The molecule has 1 aliphatic heterocycles. The molecule has 1 N–H and O–H groups in total. The summed E-state index contributed by atoms with van der Waals surface area (Å²) in [6.45, 7) is 9.40. The molecule has 2 atom stereocenters. The molecule has 0 aliphatic carbocycles. The summed E-state index contributed by atoms with van der Waals surface area (Å²) in [5.41, 5.74) is 0. The maximum Gasteiger partial charge on any atom is 0.0220 e. The molecule has 0 radical (unpaired) electrons. The smallest absolute Gasteiger partial charge is 0.0220 e. The molecular formula is C13H28N2. The fourth-order valence-corrected chi connectivity index (χ4v) is 2.73. The van der Waals surface area contributed by atoms with Crippen LogP contribution in [0.2, 0.25) is 0 Å². The fraction of sp³-hybridized carbons (Fsp3) is 1.00. The van der Waals surface area contributed by atoms with E-state index in [4.69, 9.17) is 0 Å². The van der Waals surface area contributed by atoms with Crippen molar-refractivity contribution < 1.29 is 0 Å². The van der Waals surface area contributed by atoms with Gasteiger partial charge in [0.1, 0.15) is 0 Å². The Kier molecular flexibility index (Phi) is 5.62. The molecule has 2 nitrogen and oxygen atoms in total. The van der Waals surface area contributed by atoms with Gasteiger partial charge in [-0.2, -0.15) is 0 Å². The first-order chi connectivity index (χ1) is 7.19. The largest absolute Gasteiger partial charge is 0.312 e. The van der Waals surface area contributed by atoms with E-state index in [9.17, 15) is 0 Å². The van der Waals surface area contributed by atoms with Crippen molar-refractivity contribution in [1.29, 1.82) is 0 Å². The SMILES string of the molecule is CCC(CC)N(C)CC1NCCCC1C. The van der Waals surface area contributed by atoms with E-state index < -0.39 is 0 Å². The number of hydrogen-bond donors (Lipinski definition) is 1. The minimum absolute atomic E-state index is 0.712. The van der Waals surface area contributed by atoms with E-state index in [1.165, 1.54) is 38.8 Å². The van der Waals surface area contributed by atoms with Gasteiger partial charge in [-0.3, -0.25) is 0 Å². The molecule has 0 amide bonds. The lowest BCUT2D eigenvalue weighted by molar-refractivity contribution is 0.168. The highest BCUT2D eigenvalue weighted by Crippen LogP contribution is 2.17. The lowest BCUT2D eigenvalue weighted by Crippen LogP contribution is -2.49. The predicted molar refractivity (Wildman–Crippen MR) is 67.2 cm³/mol. The summed E-state index contributed by atoms with van der Waals surface area (Å²) in [4.78, 5) is 2.54. The molecule has 1 saturated heterocycles. The van der Waals surface area contributed by atoms with Crippen molar-refractivity contribution in [2.75, 3.05) is 20.1 Å². The van der Waals surface area contributed by atoms with Crippen molar-refractivity contribution in [3.63, 3.8) is 0 Å². The Morgan fingerprint density at radius 3 is 2.53 bits per heavy atom. The van der Waals surface area contributed by atoms with E-state index in [1.807, 2.05) is 0 Å². The maximum absolute atomic E-state index is 3.66.